The van der Waals surface area contributed by atoms with Crippen molar-refractivity contribution >= 4 is 0 Å². The molecule has 4 heteroatoms. The van der Waals surface area contributed by atoms with Crippen LogP contribution >= 0.6 is 0 Å². The number of hydrogen-bond donors (Lipinski definition) is 2. The Kier molecular flexibility index (Phi) is 5.86. The molecule has 0 saturated carbocycles. The number of aliphatic hydroxyl groups excluding tert-OH is 1. The van der Waals surface area contributed by atoms with Gasteiger partial charge in [0.25, 0.3) is 0 Å². The summed E-state index contributed by atoms with van der Waals surface area (Å²) in [4.78, 5) is 4.75. The molecule has 1 fully saturated rings. The molecule has 0 radical (unpaired) electrons. The van der Waals surface area contributed by atoms with Gasteiger partial charge in [0.05, 0.1) is 12.1 Å². The zero-order chi connectivity index (χ0) is 12.9. The fraction of sp³-hybridized carbons (Fsp3) is 1.00. The molecule has 1 aliphatic heterocycles. The third-order valence-electron chi connectivity index (χ3n) is 3.86. The minimum atomic E-state index is -0.158. The molecule has 0 aromatic rings. The Balaban J connectivity index is 2.32. The molecule has 0 bridgehead atoms. The number of aliphatic hydroxyl groups is 1. The molecule has 0 spiro atoms. The summed E-state index contributed by atoms with van der Waals surface area (Å²) in [7, 11) is 6.22. The summed E-state index contributed by atoms with van der Waals surface area (Å²) in [6, 6.07) is 0. The van der Waals surface area contributed by atoms with Crippen LogP contribution in [0.4, 0.5) is 0 Å². The molecule has 17 heavy (non-hydrogen) atoms. The lowest BCUT2D eigenvalue weighted by atomic mass is 9.94. The van der Waals surface area contributed by atoms with Gasteiger partial charge in [-0.05, 0) is 59.9 Å². The summed E-state index contributed by atoms with van der Waals surface area (Å²) in [6.07, 6.45) is 2.56. The Labute approximate surface area is 106 Å². The van der Waals surface area contributed by atoms with Gasteiger partial charge in [-0.3, -0.25) is 0 Å². The smallest absolute Gasteiger partial charge is 0.0623 e. The maximum Gasteiger partial charge on any atom is 0.0623 e. The summed E-state index contributed by atoms with van der Waals surface area (Å²) >= 11 is 0. The lowest BCUT2D eigenvalue weighted by molar-refractivity contribution is 0.0955. The lowest BCUT2D eigenvalue weighted by Gasteiger charge is -2.38. The summed E-state index contributed by atoms with van der Waals surface area (Å²) in [5.41, 5.74) is -0.158. The van der Waals surface area contributed by atoms with Gasteiger partial charge in [-0.15, -0.1) is 0 Å². The SMILES string of the molecule is CNC(C)(CO)CN1CCC(CN(C)C)CC1. The van der Waals surface area contributed by atoms with Crippen molar-refractivity contribution in [2.24, 2.45) is 5.92 Å². The van der Waals surface area contributed by atoms with Gasteiger partial charge >= 0.3 is 0 Å². The van der Waals surface area contributed by atoms with Crippen molar-refractivity contribution in [3.63, 3.8) is 0 Å². The number of nitrogens with one attached hydrogen (secondary N) is 1. The van der Waals surface area contributed by atoms with Crippen LogP contribution in [-0.4, -0.2) is 74.4 Å². The molecule has 1 aliphatic rings. The molecule has 1 unspecified atom stereocenters. The van der Waals surface area contributed by atoms with E-state index in [1.165, 1.54) is 19.4 Å². The second kappa shape index (κ2) is 6.69. The largest absolute Gasteiger partial charge is 0.394 e. The van der Waals surface area contributed by atoms with Crippen LogP contribution in [0.25, 0.3) is 0 Å². The van der Waals surface area contributed by atoms with Gasteiger partial charge in [0.2, 0.25) is 0 Å². The average molecular weight is 243 g/mol. The van der Waals surface area contributed by atoms with Crippen molar-refractivity contribution in [2.45, 2.75) is 25.3 Å². The molecule has 0 amide bonds. The van der Waals surface area contributed by atoms with Gasteiger partial charge in [0, 0.05) is 13.1 Å². The van der Waals surface area contributed by atoms with Crippen molar-refractivity contribution in [1.82, 2.24) is 15.1 Å². The molecule has 1 atom stereocenters. The highest BCUT2D eigenvalue weighted by Gasteiger charge is 2.27. The van der Waals surface area contributed by atoms with Gasteiger partial charge < -0.3 is 20.2 Å². The highest BCUT2D eigenvalue weighted by Crippen LogP contribution is 2.19. The van der Waals surface area contributed by atoms with Gasteiger partial charge in [0.15, 0.2) is 0 Å². The number of piperidine rings is 1. The third-order valence-corrected chi connectivity index (χ3v) is 3.86. The van der Waals surface area contributed by atoms with Crippen LogP contribution < -0.4 is 5.32 Å². The molecular formula is C13H29N3O. The van der Waals surface area contributed by atoms with E-state index in [4.69, 9.17) is 0 Å². The molecule has 4 nitrogen and oxygen atoms in total. The Bertz CT molecular complexity index is 209. The van der Waals surface area contributed by atoms with E-state index in [9.17, 15) is 5.11 Å². The van der Waals surface area contributed by atoms with Crippen molar-refractivity contribution in [2.75, 3.05) is 53.9 Å². The Morgan fingerprint density at radius 1 is 1.35 bits per heavy atom. The Hall–Kier alpha value is -0.160. The predicted octanol–water partition coefficient (Wildman–Crippen LogP) is 0.230. The molecule has 1 saturated heterocycles. The highest BCUT2D eigenvalue weighted by atomic mass is 16.3. The van der Waals surface area contributed by atoms with Gasteiger partial charge in [-0.25, -0.2) is 0 Å². The van der Waals surface area contributed by atoms with Crippen molar-refractivity contribution in [3.05, 3.63) is 0 Å². The fourth-order valence-corrected chi connectivity index (χ4v) is 2.55. The first-order valence-electron chi connectivity index (χ1n) is 6.66. The molecule has 1 heterocycles. The van der Waals surface area contributed by atoms with E-state index in [0.717, 1.165) is 25.6 Å². The number of hydrogen-bond acceptors (Lipinski definition) is 4. The minimum absolute atomic E-state index is 0.158. The van der Waals surface area contributed by atoms with Gasteiger partial charge in [-0.1, -0.05) is 0 Å². The quantitative estimate of drug-likeness (QED) is 0.700. The van der Waals surface area contributed by atoms with E-state index in [-0.39, 0.29) is 12.1 Å². The van der Waals surface area contributed by atoms with Crippen LogP contribution in [0.15, 0.2) is 0 Å². The first kappa shape index (κ1) is 14.9. The third kappa shape index (κ3) is 4.92. The molecule has 102 valence electrons. The summed E-state index contributed by atoms with van der Waals surface area (Å²) in [5.74, 6) is 0.844. The van der Waals surface area contributed by atoms with Crippen LogP contribution in [0.5, 0.6) is 0 Å². The molecule has 0 aromatic carbocycles. The van der Waals surface area contributed by atoms with E-state index in [1.54, 1.807) is 0 Å². The average Bonchev–Trinajstić information content (AvgIpc) is 2.31. The van der Waals surface area contributed by atoms with Crippen LogP contribution in [0, 0.1) is 5.92 Å². The zero-order valence-electron chi connectivity index (χ0n) is 11.9. The van der Waals surface area contributed by atoms with E-state index in [2.05, 4.69) is 36.1 Å². The van der Waals surface area contributed by atoms with Gasteiger partial charge in [-0.2, -0.15) is 0 Å². The number of nitrogens with zero attached hydrogens (tertiary/aromatic N) is 2. The summed E-state index contributed by atoms with van der Waals surface area (Å²) in [5, 5.41) is 12.6. The summed E-state index contributed by atoms with van der Waals surface area (Å²) < 4.78 is 0. The maximum absolute atomic E-state index is 9.39. The van der Waals surface area contributed by atoms with Crippen molar-refractivity contribution < 1.29 is 5.11 Å². The molecular weight excluding hydrogens is 214 g/mol. The van der Waals surface area contributed by atoms with Crippen LogP contribution in [0.2, 0.25) is 0 Å². The van der Waals surface area contributed by atoms with E-state index in [0.29, 0.717) is 0 Å². The Morgan fingerprint density at radius 3 is 2.35 bits per heavy atom. The van der Waals surface area contributed by atoms with Crippen LogP contribution in [-0.2, 0) is 0 Å². The van der Waals surface area contributed by atoms with Crippen molar-refractivity contribution in [1.29, 1.82) is 0 Å². The molecule has 1 rings (SSSR count). The molecule has 0 aliphatic carbocycles. The molecule has 0 aromatic heterocycles. The van der Waals surface area contributed by atoms with Crippen LogP contribution in [0.1, 0.15) is 19.8 Å². The first-order valence-corrected chi connectivity index (χ1v) is 6.66. The standard InChI is InChI=1S/C13H29N3O/c1-13(11-17,14-2)10-16-7-5-12(6-8-16)9-15(3)4/h12,14,17H,5-11H2,1-4H3. The number of likely N-dealkylation sites (N-methyl/N-ethyl adjacent to an activating group) is 1. The normalized spacial score (nSPS) is 22.9. The highest BCUT2D eigenvalue weighted by molar-refractivity contribution is 4.86. The lowest BCUT2D eigenvalue weighted by Crippen LogP contribution is -2.54. The van der Waals surface area contributed by atoms with Crippen LogP contribution in [0.3, 0.4) is 0 Å². The van der Waals surface area contributed by atoms with E-state index >= 15 is 0 Å². The zero-order valence-corrected chi connectivity index (χ0v) is 11.9. The fourth-order valence-electron chi connectivity index (χ4n) is 2.55. The summed E-state index contributed by atoms with van der Waals surface area (Å²) in [6.45, 7) is 6.75. The molecule has 2 N–H and O–H groups in total. The second-order valence-corrected chi connectivity index (χ2v) is 5.95. The van der Waals surface area contributed by atoms with Crippen molar-refractivity contribution in [3.8, 4) is 0 Å². The first-order chi connectivity index (χ1) is 7.99. The monoisotopic (exact) mass is 243 g/mol. The predicted molar refractivity (Wildman–Crippen MR) is 72.3 cm³/mol. The second-order valence-electron chi connectivity index (χ2n) is 5.95. The number of likely N-dealkylation sites (tertiary alicyclic amines) is 1. The Morgan fingerprint density at radius 2 is 1.94 bits per heavy atom. The topological polar surface area (TPSA) is 38.7 Å². The number of rotatable bonds is 6. The van der Waals surface area contributed by atoms with Gasteiger partial charge in [0.1, 0.15) is 0 Å². The van der Waals surface area contributed by atoms with E-state index < -0.39 is 0 Å². The maximum atomic E-state index is 9.39. The minimum Gasteiger partial charge on any atom is -0.394 e. The van der Waals surface area contributed by atoms with E-state index in [1.807, 2.05) is 7.05 Å².